The predicted molar refractivity (Wildman–Crippen MR) is 143 cm³/mol. The van der Waals surface area contributed by atoms with Crippen LogP contribution in [0.2, 0.25) is 0 Å². The van der Waals surface area contributed by atoms with Gasteiger partial charge in [-0.2, -0.15) is 0 Å². The predicted octanol–water partition coefficient (Wildman–Crippen LogP) is 6.18. The average molecular weight is 481 g/mol. The lowest BCUT2D eigenvalue weighted by molar-refractivity contribution is 0.00695. The van der Waals surface area contributed by atoms with Crippen molar-refractivity contribution in [1.82, 2.24) is 9.47 Å². The van der Waals surface area contributed by atoms with E-state index in [1.54, 1.807) is 6.07 Å². The normalized spacial score (nSPS) is 16.2. The van der Waals surface area contributed by atoms with Gasteiger partial charge in [-0.15, -0.1) is 0 Å². The van der Waals surface area contributed by atoms with Crippen LogP contribution in [0.25, 0.3) is 0 Å². The largest absolute Gasteiger partial charge is 0.456 e. The Balaban J connectivity index is 0.000000795. The van der Waals surface area contributed by atoms with Crippen molar-refractivity contribution in [2.75, 3.05) is 13.1 Å². The van der Waals surface area contributed by atoms with Crippen molar-refractivity contribution in [1.29, 1.82) is 0 Å². The smallest absolute Gasteiger partial charge is 0.338 e. The molecule has 1 aliphatic carbocycles. The van der Waals surface area contributed by atoms with Crippen molar-refractivity contribution >= 4 is 5.97 Å². The number of nitrogens with zero attached hydrogens (tertiary/aromatic N) is 2. The maximum Gasteiger partial charge on any atom is 0.338 e. The van der Waals surface area contributed by atoms with E-state index in [0.717, 1.165) is 37.5 Å². The second kappa shape index (κ2) is 12.0. The molecule has 1 aliphatic heterocycles. The fraction of sp³-hybridized carbons (Fsp3) is 0.600. The molecule has 0 atom stereocenters. The molecule has 0 amide bonds. The van der Waals surface area contributed by atoms with Gasteiger partial charge < -0.3 is 9.30 Å². The first-order chi connectivity index (χ1) is 16.5. The Morgan fingerprint density at radius 1 is 1.00 bits per heavy atom. The minimum absolute atomic E-state index is 0.0870. The minimum Gasteiger partial charge on any atom is -0.456 e. The highest BCUT2D eigenvalue weighted by molar-refractivity contribution is 5.89. The maximum absolute atomic E-state index is 12.8. The summed E-state index contributed by atoms with van der Waals surface area (Å²) >= 11 is 0. The van der Waals surface area contributed by atoms with E-state index in [4.69, 9.17) is 4.74 Å². The molecule has 2 aliphatic rings. The molecule has 192 valence electrons. The number of pyridine rings is 1. The zero-order chi connectivity index (χ0) is 25.6. The van der Waals surface area contributed by atoms with E-state index in [0.29, 0.717) is 18.0 Å². The third-order valence-corrected chi connectivity index (χ3v) is 6.13. The first-order valence-electron chi connectivity index (χ1n) is 13.3. The Labute approximate surface area is 211 Å². The number of rotatable bonds is 7. The van der Waals surface area contributed by atoms with Crippen LogP contribution >= 0.6 is 0 Å². The van der Waals surface area contributed by atoms with Crippen LogP contribution in [-0.4, -0.2) is 34.1 Å². The van der Waals surface area contributed by atoms with Crippen LogP contribution in [0, 0.1) is 5.92 Å². The molecule has 0 N–H and O–H groups in total. The quantitative estimate of drug-likeness (QED) is 0.444. The molecule has 1 saturated carbocycles. The molecular weight excluding hydrogens is 436 g/mol. The molecule has 2 fully saturated rings. The summed E-state index contributed by atoms with van der Waals surface area (Å²) in [5.41, 5.74) is 3.83. The van der Waals surface area contributed by atoms with Gasteiger partial charge in [-0.05, 0) is 101 Å². The van der Waals surface area contributed by atoms with Crippen molar-refractivity contribution in [2.24, 2.45) is 5.92 Å². The summed E-state index contributed by atoms with van der Waals surface area (Å²) in [5.74, 6) is 1.15. The summed E-state index contributed by atoms with van der Waals surface area (Å²) in [5, 5.41) is 0. The topological polar surface area (TPSA) is 51.5 Å². The van der Waals surface area contributed by atoms with Gasteiger partial charge in [-0.3, -0.25) is 9.69 Å². The lowest BCUT2D eigenvalue weighted by Crippen LogP contribution is -2.30. The Morgan fingerprint density at radius 2 is 1.60 bits per heavy atom. The average Bonchev–Trinajstić information content (AvgIpc) is 3.48. The molecule has 0 radical (unpaired) electrons. The Hall–Kier alpha value is -2.40. The van der Waals surface area contributed by atoms with Gasteiger partial charge in [0.25, 0.3) is 5.56 Å². The number of hydrogen-bond donors (Lipinski definition) is 0. The molecule has 5 heteroatoms. The van der Waals surface area contributed by atoms with Gasteiger partial charge in [0.15, 0.2) is 0 Å². The zero-order valence-corrected chi connectivity index (χ0v) is 22.6. The van der Waals surface area contributed by atoms with Gasteiger partial charge in [0, 0.05) is 24.8 Å². The van der Waals surface area contributed by atoms with Gasteiger partial charge in [0.1, 0.15) is 5.60 Å². The second-order valence-electron chi connectivity index (χ2n) is 11.7. The Morgan fingerprint density at radius 3 is 2.14 bits per heavy atom. The van der Waals surface area contributed by atoms with Crippen molar-refractivity contribution in [3.05, 3.63) is 69.1 Å². The molecule has 0 unspecified atom stereocenters. The SMILES string of the molecule is CC(C)(C)OC(=O)c1ccc(CCn2c(CN3CCCC3)c(C3CC3)ccc2=O)cc1.CC(C)C. The van der Waals surface area contributed by atoms with E-state index >= 15 is 0 Å². The number of benzene rings is 1. The second-order valence-corrected chi connectivity index (χ2v) is 11.7. The molecule has 1 saturated heterocycles. The fourth-order valence-corrected chi connectivity index (χ4v) is 4.36. The monoisotopic (exact) mass is 480 g/mol. The fourth-order valence-electron chi connectivity index (χ4n) is 4.36. The lowest BCUT2D eigenvalue weighted by Gasteiger charge is -2.22. The Bertz CT molecular complexity index is 1020. The summed E-state index contributed by atoms with van der Waals surface area (Å²) in [6, 6.07) is 11.4. The standard InChI is InChI=1S/C26H34N2O3.C4H10/c1-26(2,3)31-25(30)21-8-6-19(7-9-21)14-17-28-23(18-27-15-4-5-16-27)22(20-10-11-20)12-13-24(28)29;1-4(2)3/h6-9,12-13,20H,4-5,10-11,14-18H2,1-3H3;4H,1-3H3. The number of ether oxygens (including phenoxy) is 1. The molecule has 2 heterocycles. The molecule has 1 aromatic heterocycles. The first kappa shape index (κ1) is 27.2. The molecular formula is C30H44N2O3. The van der Waals surface area contributed by atoms with Gasteiger partial charge in [-0.25, -0.2) is 4.79 Å². The first-order valence-corrected chi connectivity index (χ1v) is 13.3. The number of likely N-dealkylation sites (tertiary alicyclic amines) is 1. The zero-order valence-electron chi connectivity index (χ0n) is 22.6. The summed E-state index contributed by atoms with van der Waals surface area (Å²) in [4.78, 5) is 27.5. The van der Waals surface area contributed by atoms with E-state index in [-0.39, 0.29) is 11.5 Å². The van der Waals surface area contributed by atoms with Crippen LogP contribution in [0.15, 0.2) is 41.2 Å². The third kappa shape index (κ3) is 8.64. The number of esters is 1. The van der Waals surface area contributed by atoms with Crippen LogP contribution in [-0.2, 0) is 24.2 Å². The van der Waals surface area contributed by atoms with Crippen molar-refractivity contribution in [3.63, 3.8) is 0 Å². The van der Waals surface area contributed by atoms with Gasteiger partial charge in [0.05, 0.1) is 5.56 Å². The molecule has 2 aromatic rings. The van der Waals surface area contributed by atoms with Gasteiger partial charge in [-0.1, -0.05) is 39.0 Å². The highest BCUT2D eigenvalue weighted by Crippen LogP contribution is 2.41. The van der Waals surface area contributed by atoms with Crippen LogP contribution < -0.4 is 5.56 Å². The van der Waals surface area contributed by atoms with Crippen LogP contribution in [0.4, 0.5) is 0 Å². The third-order valence-electron chi connectivity index (χ3n) is 6.13. The van der Waals surface area contributed by atoms with Crippen LogP contribution in [0.5, 0.6) is 0 Å². The van der Waals surface area contributed by atoms with Crippen LogP contribution in [0.3, 0.4) is 0 Å². The number of carbonyl (C=O) groups excluding carboxylic acids is 1. The van der Waals surface area contributed by atoms with Gasteiger partial charge >= 0.3 is 5.97 Å². The summed E-state index contributed by atoms with van der Waals surface area (Å²) < 4.78 is 7.43. The molecule has 0 bridgehead atoms. The minimum atomic E-state index is -0.505. The molecule has 0 spiro atoms. The van der Waals surface area contributed by atoms with Crippen molar-refractivity contribution in [3.8, 4) is 0 Å². The number of aromatic nitrogens is 1. The summed E-state index contributed by atoms with van der Waals surface area (Å²) in [6.45, 7) is 15.9. The van der Waals surface area contributed by atoms with E-state index < -0.39 is 5.60 Å². The maximum atomic E-state index is 12.8. The van der Waals surface area contributed by atoms with Crippen LogP contribution in [0.1, 0.15) is 100 Å². The van der Waals surface area contributed by atoms with E-state index in [9.17, 15) is 9.59 Å². The van der Waals surface area contributed by atoms with E-state index in [1.165, 1.54) is 36.9 Å². The lowest BCUT2D eigenvalue weighted by atomic mass is 10.1. The molecule has 35 heavy (non-hydrogen) atoms. The number of carbonyl (C=O) groups is 1. The van der Waals surface area contributed by atoms with E-state index in [1.807, 2.05) is 49.6 Å². The summed E-state index contributed by atoms with van der Waals surface area (Å²) in [6.07, 6.45) is 5.73. The number of hydrogen-bond acceptors (Lipinski definition) is 4. The molecule has 1 aromatic carbocycles. The van der Waals surface area contributed by atoms with Crippen molar-refractivity contribution in [2.45, 2.75) is 98.3 Å². The summed E-state index contributed by atoms with van der Waals surface area (Å²) in [7, 11) is 0. The van der Waals surface area contributed by atoms with E-state index in [2.05, 4.69) is 31.7 Å². The molecule has 5 nitrogen and oxygen atoms in total. The number of aryl methyl sites for hydroxylation is 1. The highest BCUT2D eigenvalue weighted by Gasteiger charge is 2.28. The van der Waals surface area contributed by atoms with Gasteiger partial charge in [0.2, 0.25) is 0 Å². The van der Waals surface area contributed by atoms with Crippen molar-refractivity contribution < 1.29 is 9.53 Å². The highest BCUT2D eigenvalue weighted by atomic mass is 16.6. The Kier molecular flexibility index (Phi) is 9.34. The molecule has 4 rings (SSSR count).